The van der Waals surface area contributed by atoms with E-state index in [0.29, 0.717) is 31.6 Å². The molecule has 0 aromatic heterocycles. The summed E-state index contributed by atoms with van der Waals surface area (Å²) in [6, 6.07) is 6.02. The number of nitrogens with zero attached hydrogens (tertiary/aromatic N) is 2. The predicted octanol–water partition coefficient (Wildman–Crippen LogP) is 0.00410. The van der Waals surface area contributed by atoms with Crippen LogP contribution in [0.1, 0.15) is 19.8 Å². The van der Waals surface area contributed by atoms with Crippen molar-refractivity contribution in [3.05, 3.63) is 24.3 Å². The molecule has 0 atom stereocenters. The highest BCUT2D eigenvalue weighted by atomic mass is 32.2. The first kappa shape index (κ1) is 20.3. The van der Waals surface area contributed by atoms with Gasteiger partial charge in [-0.1, -0.05) is 0 Å². The van der Waals surface area contributed by atoms with Gasteiger partial charge in [0.15, 0.2) is 0 Å². The molecule has 3 amide bonds. The molecule has 3 rings (SSSR count). The molecule has 10 heteroatoms. The third kappa shape index (κ3) is 4.50. The Kier molecular flexibility index (Phi) is 5.99. The van der Waals surface area contributed by atoms with Crippen LogP contribution in [0.2, 0.25) is 0 Å². The third-order valence-corrected chi connectivity index (χ3v) is 6.88. The highest BCUT2D eigenvalue weighted by molar-refractivity contribution is 7.89. The Morgan fingerprint density at radius 3 is 2.32 bits per heavy atom. The van der Waals surface area contributed by atoms with Crippen molar-refractivity contribution in [2.24, 2.45) is 5.92 Å². The molecule has 2 aliphatic heterocycles. The number of nitrogens with one attached hydrogen (secondary N) is 2. The number of hydrogen-bond donors (Lipinski definition) is 2. The monoisotopic (exact) mass is 408 g/mol. The summed E-state index contributed by atoms with van der Waals surface area (Å²) in [5.41, 5.74) is 0.529. The van der Waals surface area contributed by atoms with Gasteiger partial charge in [-0.25, -0.2) is 8.42 Å². The fraction of sp³-hybridized carbons (Fsp3) is 0.500. The summed E-state index contributed by atoms with van der Waals surface area (Å²) >= 11 is 0. The van der Waals surface area contributed by atoms with E-state index >= 15 is 0 Å². The fourth-order valence-corrected chi connectivity index (χ4v) is 4.96. The second-order valence-electron chi connectivity index (χ2n) is 6.99. The van der Waals surface area contributed by atoms with E-state index in [0.717, 1.165) is 0 Å². The summed E-state index contributed by atoms with van der Waals surface area (Å²) in [6.45, 7) is 2.90. The first-order valence-electron chi connectivity index (χ1n) is 9.20. The number of amides is 3. The summed E-state index contributed by atoms with van der Waals surface area (Å²) in [4.78, 5) is 36.8. The van der Waals surface area contributed by atoms with Gasteiger partial charge in [-0.3, -0.25) is 14.4 Å². The van der Waals surface area contributed by atoms with Crippen LogP contribution in [-0.2, 0) is 24.4 Å². The molecule has 2 saturated heterocycles. The Labute approximate surface area is 164 Å². The lowest BCUT2D eigenvalue weighted by Gasteiger charge is -2.34. The van der Waals surface area contributed by atoms with E-state index in [1.165, 1.54) is 23.4 Å². The van der Waals surface area contributed by atoms with E-state index in [9.17, 15) is 22.8 Å². The molecule has 152 valence electrons. The van der Waals surface area contributed by atoms with Gasteiger partial charge >= 0.3 is 0 Å². The van der Waals surface area contributed by atoms with E-state index in [2.05, 4.69) is 10.6 Å². The minimum atomic E-state index is -3.66. The van der Waals surface area contributed by atoms with Crippen LogP contribution in [0.3, 0.4) is 0 Å². The van der Waals surface area contributed by atoms with Crippen LogP contribution in [0.15, 0.2) is 29.2 Å². The number of hydrogen-bond acceptors (Lipinski definition) is 5. The number of carbonyl (C=O) groups is 3. The second kappa shape index (κ2) is 8.27. The van der Waals surface area contributed by atoms with Gasteiger partial charge in [0, 0.05) is 44.7 Å². The summed E-state index contributed by atoms with van der Waals surface area (Å²) in [5.74, 6) is -0.734. The SMILES string of the molecule is CC(=O)Nc1ccc(S(=O)(=O)N2CCC(C(=O)N3CCNC(=O)C3)CC2)cc1. The maximum Gasteiger partial charge on any atom is 0.243 e. The molecular formula is C18H24N4O5S. The molecule has 0 saturated carbocycles. The third-order valence-electron chi connectivity index (χ3n) is 4.97. The van der Waals surface area contributed by atoms with E-state index < -0.39 is 10.0 Å². The Balaban J connectivity index is 1.61. The zero-order valence-electron chi connectivity index (χ0n) is 15.7. The highest BCUT2D eigenvalue weighted by Gasteiger charge is 2.34. The molecule has 1 aromatic carbocycles. The van der Waals surface area contributed by atoms with Gasteiger partial charge in [-0.2, -0.15) is 4.31 Å². The first-order valence-corrected chi connectivity index (χ1v) is 10.6. The molecule has 0 unspecified atom stereocenters. The predicted molar refractivity (Wildman–Crippen MR) is 102 cm³/mol. The van der Waals surface area contributed by atoms with E-state index in [-0.39, 0.29) is 48.2 Å². The lowest BCUT2D eigenvalue weighted by Crippen LogP contribution is -2.53. The number of anilines is 1. The molecule has 0 spiro atoms. The van der Waals surface area contributed by atoms with Crippen LogP contribution in [0.25, 0.3) is 0 Å². The van der Waals surface area contributed by atoms with Crippen molar-refractivity contribution in [2.45, 2.75) is 24.7 Å². The Hall–Kier alpha value is -2.46. The van der Waals surface area contributed by atoms with Crippen LogP contribution in [-0.4, -0.2) is 68.1 Å². The van der Waals surface area contributed by atoms with Crippen molar-refractivity contribution >= 4 is 33.4 Å². The molecule has 1 aromatic rings. The largest absolute Gasteiger partial charge is 0.353 e. The maximum absolute atomic E-state index is 12.8. The lowest BCUT2D eigenvalue weighted by molar-refractivity contribution is -0.142. The lowest BCUT2D eigenvalue weighted by atomic mass is 9.96. The van der Waals surface area contributed by atoms with Gasteiger partial charge in [-0.05, 0) is 37.1 Å². The normalized spacial score (nSPS) is 19.2. The number of carbonyl (C=O) groups excluding carboxylic acids is 3. The van der Waals surface area contributed by atoms with Gasteiger partial charge in [-0.15, -0.1) is 0 Å². The molecule has 2 N–H and O–H groups in total. The summed E-state index contributed by atoms with van der Waals surface area (Å²) in [6.07, 6.45) is 0.861. The number of piperidine rings is 1. The van der Waals surface area contributed by atoms with Gasteiger partial charge in [0.05, 0.1) is 11.4 Å². The Morgan fingerprint density at radius 1 is 1.11 bits per heavy atom. The standard InChI is InChI=1S/C18H24N4O5S/c1-13(23)20-15-2-4-16(5-3-15)28(26,27)22-9-6-14(7-10-22)18(25)21-11-8-19-17(24)12-21/h2-5,14H,6-12H2,1H3,(H,19,24)(H,20,23). The molecule has 2 heterocycles. The van der Waals surface area contributed by atoms with Crippen LogP contribution >= 0.6 is 0 Å². The zero-order valence-corrected chi connectivity index (χ0v) is 16.5. The number of rotatable bonds is 4. The minimum Gasteiger partial charge on any atom is -0.353 e. The first-order chi connectivity index (χ1) is 13.3. The molecule has 2 aliphatic rings. The van der Waals surface area contributed by atoms with Crippen molar-refractivity contribution in [1.29, 1.82) is 0 Å². The molecule has 0 aliphatic carbocycles. The summed E-state index contributed by atoms with van der Waals surface area (Å²) < 4.78 is 27.0. The number of sulfonamides is 1. The quantitative estimate of drug-likeness (QED) is 0.728. The van der Waals surface area contributed by atoms with Crippen LogP contribution in [0, 0.1) is 5.92 Å². The Bertz CT molecular complexity index is 860. The van der Waals surface area contributed by atoms with Crippen LogP contribution in [0.4, 0.5) is 5.69 Å². The van der Waals surface area contributed by atoms with E-state index in [1.807, 2.05) is 0 Å². The number of benzene rings is 1. The molecule has 28 heavy (non-hydrogen) atoms. The van der Waals surface area contributed by atoms with Gasteiger partial charge in [0.25, 0.3) is 0 Å². The van der Waals surface area contributed by atoms with Gasteiger partial charge in [0.2, 0.25) is 27.7 Å². The average Bonchev–Trinajstić information content (AvgIpc) is 2.67. The van der Waals surface area contributed by atoms with E-state index in [4.69, 9.17) is 0 Å². The van der Waals surface area contributed by atoms with Crippen LogP contribution < -0.4 is 10.6 Å². The number of piperazine rings is 1. The summed E-state index contributed by atoms with van der Waals surface area (Å²) in [5, 5.41) is 5.28. The fourth-order valence-electron chi connectivity index (χ4n) is 3.49. The molecule has 9 nitrogen and oxygen atoms in total. The summed E-state index contributed by atoms with van der Waals surface area (Å²) in [7, 11) is -3.66. The van der Waals surface area contributed by atoms with Crippen molar-refractivity contribution in [2.75, 3.05) is 38.0 Å². The Morgan fingerprint density at radius 2 is 1.75 bits per heavy atom. The van der Waals surface area contributed by atoms with E-state index in [1.54, 1.807) is 17.0 Å². The molecule has 2 fully saturated rings. The topological polar surface area (TPSA) is 116 Å². The van der Waals surface area contributed by atoms with Crippen molar-refractivity contribution in [3.63, 3.8) is 0 Å². The van der Waals surface area contributed by atoms with Crippen molar-refractivity contribution < 1.29 is 22.8 Å². The van der Waals surface area contributed by atoms with Crippen molar-refractivity contribution in [1.82, 2.24) is 14.5 Å². The van der Waals surface area contributed by atoms with Crippen LogP contribution in [0.5, 0.6) is 0 Å². The minimum absolute atomic E-state index is 0.0675. The van der Waals surface area contributed by atoms with Gasteiger partial charge < -0.3 is 15.5 Å². The highest BCUT2D eigenvalue weighted by Crippen LogP contribution is 2.26. The molecule has 0 radical (unpaired) electrons. The zero-order chi connectivity index (χ0) is 20.3. The molecular weight excluding hydrogens is 384 g/mol. The smallest absolute Gasteiger partial charge is 0.243 e. The van der Waals surface area contributed by atoms with Gasteiger partial charge in [0.1, 0.15) is 0 Å². The molecule has 0 bridgehead atoms. The van der Waals surface area contributed by atoms with Crippen molar-refractivity contribution in [3.8, 4) is 0 Å². The average molecular weight is 408 g/mol. The second-order valence-corrected chi connectivity index (χ2v) is 8.93. The maximum atomic E-state index is 12.8.